The lowest BCUT2D eigenvalue weighted by atomic mass is 10.0. The Balaban J connectivity index is 2.47. The van der Waals surface area contributed by atoms with Gasteiger partial charge in [0.25, 0.3) is 0 Å². The summed E-state index contributed by atoms with van der Waals surface area (Å²) in [6.07, 6.45) is 16.5. The fourth-order valence-corrected chi connectivity index (χ4v) is 3.20. The third kappa shape index (κ3) is 6.47. The van der Waals surface area contributed by atoms with Crippen molar-refractivity contribution < 1.29 is 19.7 Å². The fourth-order valence-electron chi connectivity index (χ4n) is 3.20. The Hall–Kier alpha value is -1.84. The van der Waals surface area contributed by atoms with Crippen molar-refractivity contribution in [2.24, 2.45) is 0 Å². The predicted octanol–water partition coefficient (Wildman–Crippen LogP) is 6.36. The number of hydrogen-bond acceptors (Lipinski definition) is 4. The normalized spacial score (nSPS) is 11.2. The number of phenols is 2. The van der Waals surface area contributed by atoms with Crippen LogP contribution in [0.15, 0.2) is 6.08 Å². The number of unbranched alkanes of at least 4 members (excludes halogenated alkanes) is 9. The van der Waals surface area contributed by atoms with Gasteiger partial charge in [0.1, 0.15) is 0 Å². The Morgan fingerprint density at radius 3 is 1.85 bits per heavy atom. The number of aromatic hydroxyl groups is 2. The lowest BCUT2D eigenvalue weighted by Gasteiger charge is -2.16. The molecule has 0 saturated heterocycles. The Morgan fingerprint density at radius 1 is 0.769 bits per heavy atom. The lowest BCUT2D eigenvalue weighted by molar-refractivity contribution is 0.342. The number of benzene rings is 1. The second-order valence-electron chi connectivity index (χ2n) is 6.82. The molecule has 4 nitrogen and oxygen atoms in total. The van der Waals surface area contributed by atoms with Gasteiger partial charge in [0.15, 0.2) is 23.0 Å². The standard InChI is InChI=1S/C22H36O4/c1-5-6-7-8-9-10-11-12-13-14-15-16-18-20(24)21(25-3)17(2)19(23)22(18)26-4/h15-16,23-24H,5-14H2,1-4H3/b16-15+. The SMILES string of the molecule is CCCCCCCCCCC/C=C/c1c(O)c(OC)c(C)c(O)c1OC. The first-order chi connectivity index (χ1) is 12.6. The molecule has 0 aliphatic heterocycles. The molecule has 0 aromatic heterocycles. The van der Waals surface area contributed by atoms with E-state index >= 15 is 0 Å². The van der Waals surface area contributed by atoms with Crippen LogP contribution in [0.3, 0.4) is 0 Å². The molecule has 1 aromatic carbocycles. The Morgan fingerprint density at radius 2 is 1.31 bits per heavy atom. The van der Waals surface area contributed by atoms with Crippen LogP contribution in [0.4, 0.5) is 0 Å². The highest BCUT2D eigenvalue weighted by Gasteiger charge is 2.21. The molecule has 0 atom stereocenters. The second kappa shape index (κ2) is 12.5. The highest BCUT2D eigenvalue weighted by Crippen LogP contribution is 2.47. The van der Waals surface area contributed by atoms with Gasteiger partial charge in [-0.15, -0.1) is 0 Å². The molecule has 148 valence electrons. The molecule has 2 N–H and O–H groups in total. The maximum atomic E-state index is 10.4. The topological polar surface area (TPSA) is 58.9 Å². The lowest BCUT2D eigenvalue weighted by Crippen LogP contribution is -1.95. The van der Waals surface area contributed by atoms with Crippen LogP contribution in [0.5, 0.6) is 23.0 Å². The highest BCUT2D eigenvalue weighted by atomic mass is 16.5. The smallest absolute Gasteiger partial charge is 0.171 e. The monoisotopic (exact) mass is 364 g/mol. The Bertz CT molecular complexity index is 564. The molecule has 1 rings (SSSR count). The van der Waals surface area contributed by atoms with Gasteiger partial charge in [-0.25, -0.2) is 0 Å². The zero-order valence-electron chi connectivity index (χ0n) is 16.9. The number of rotatable bonds is 13. The first-order valence-corrected chi connectivity index (χ1v) is 9.91. The molecule has 1 aromatic rings. The zero-order valence-corrected chi connectivity index (χ0v) is 16.9. The van der Waals surface area contributed by atoms with E-state index in [0.717, 1.165) is 12.8 Å². The van der Waals surface area contributed by atoms with Crippen molar-refractivity contribution in [1.82, 2.24) is 0 Å². The predicted molar refractivity (Wildman–Crippen MR) is 108 cm³/mol. The van der Waals surface area contributed by atoms with E-state index in [1.54, 1.807) is 13.0 Å². The van der Waals surface area contributed by atoms with Crippen LogP contribution in [0.1, 0.15) is 82.3 Å². The van der Waals surface area contributed by atoms with E-state index < -0.39 is 0 Å². The molecule has 0 unspecified atom stereocenters. The Kier molecular flexibility index (Phi) is 10.7. The summed E-state index contributed by atoms with van der Waals surface area (Å²) in [4.78, 5) is 0. The first kappa shape index (κ1) is 22.2. The highest BCUT2D eigenvalue weighted by molar-refractivity contribution is 5.74. The van der Waals surface area contributed by atoms with Crippen molar-refractivity contribution in [2.45, 2.75) is 78.1 Å². The molecular weight excluding hydrogens is 328 g/mol. The van der Waals surface area contributed by atoms with E-state index in [0.29, 0.717) is 11.1 Å². The third-order valence-electron chi connectivity index (χ3n) is 4.79. The van der Waals surface area contributed by atoms with Crippen LogP contribution in [0, 0.1) is 6.92 Å². The van der Waals surface area contributed by atoms with Crippen LogP contribution in [0.2, 0.25) is 0 Å². The Labute approximate surface area is 158 Å². The minimum absolute atomic E-state index is 0.00276. The van der Waals surface area contributed by atoms with Crippen molar-refractivity contribution in [3.05, 3.63) is 17.2 Å². The van der Waals surface area contributed by atoms with Gasteiger partial charge >= 0.3 is 0 Å². The number of phenolic OH excluding ortho intramolecular Hbond substituents is 2. The van der Waals surface area contributed by atoms with Gasteiger partial charge < -0.3 is 19.7 Å². The molecule has 4 heteroatoms. The van der Waals surface area contributed by atoms with Crippen LogP contribution < -0.4 is 9.47 Å². The van der Waals surface area contributed by atoms with Crippen LogP contribution in [-0.4, -0.2) is 24.4 Å². The average molecular weight is 365 g/mol. The summed E-state index contributed by atoms with van der Waals surface area (Å²) in [5, 5.41) is 20.6. The van der Waals surface area contributed by atoms with Gasteiger partial charge in [-0.3, -0.25) is 0 Å². The van der Waals surface area contributed by atoms with Crippen molar-refractivity contribution in [3.8, 4) is 23.0 Å². The van der Waals surface area contributed by atoms with Crippen LogP contribution in [-0.2, 0) is 0 Å². The van der Waals surface area contributed by atoms with Gasteiger partial charge in [0.2, 0.25) is 0 Å². The van der Waals surface area contributed by atoms with E-state index in [9.17, 15) is 10.2 Å². The van der Waals surface area contributed by atoms with Gasteiger partial charge in [0.05, 0.1) is 19.8 Å². The molecule has 0 heterocycles. The minimum atomic E-state index is 0.00276. The quantitative estimate of drug-likeness (QED) is 0.316. The summed E-state index contributed by atoms with van der Waals surface area (Å²) in [6.45, 7) is 3.93. The van der Waals surface area contributed by atoms with Gasteiger partial charge in [-0.2, -0.15) is 0 Å². The summed E-state index contributed by atoms with van der Waals surface area (Å²) < 4.78 is 10.5. The number of allylic oxidation sites excluding steroid dienone is 1. The summed E-state index contributed by atoms with van der Waals surface area (Å²) in [7, 11) is 2.96. The molecular formula is C22H36O4. The second-order valence-corrected chi connectivity index (χ2v) is 6.82. The molecule has 26 heavy (non-hydrogen) atoms. The first-order valence-electron chi connectivity index (χ1n) is 9.91. The molecule has 0 bridgehead atoms. The van der Waals surface area contributed by atoms with Gasteiger partial charge in [0, 0.05) is 5.56 Å². The van der Waals surface area contributed by atoms with E-state index in [4.69, 9.17) is 9.47 Å². The zero-order chi connectivity index (χ0) is 19.4. The molecule has 0 radical (unpaired) electrons. The summed E-state index contributed by atoms with van der Waals surface area (Å²) in [6, 6.07) is 0. The molecule has 0 aliphatic carbocycles. The fraction of sp³-hybridized carbons (Fsp3) is 0.636. The molecule has 0 amide bonds. The van der Waals surface area contributed by atoms with Gasteiger partial charge in [-0.1, -0.05) is 70.4 Å². The summed E-state index contributed by atoms with van der Waals surface area (Å²) in [5.74, 6) is 0.572. The maximum Gasteiger partial charge on any atom is 0.171 e. The van der Waals surface area contributed by atoms with Crippen molar-refractivity contribution in [3.63, 3.8) is 0 Å². The van der Waals surface area contributed by atoms with Gasteiger partial charge in [-0.05, 0) is 19.8 Å². The van der Waals surface area contributed by atoms with Crippen molar-refractivity contribution in [1.29, 1.82) is 0 Å². The summed E-state index contributed by atoms with van der Waals surface area (Å²) in [5.41, 5.74) is 0.932. The average Bonchev–Trinajstić information content (AvgIpc) is 2.64. The number of hydrogen-bond donors (Lipinski definition) is 2. The number of ether oxygens (including phenoxy) is 2. The molecule has 0 spiro atoms. The van der Waals surface area contributed by atoms with Crippen LogP contribution >= 0.6 is 0 Å². The minimum Gasteiger partial charge on any atom is -0.504 e. The van der Waals surface area contributed by atoms with E-state index in [1.165, 1.54) is 65.6 Å². The maximum absolute atomic E-state index is 10.4. The largest absolute Gasteiger partial charge is 0.504 e. The molecule has 0 saturated carbocycles. The molecule has 0 aliphatic rings. The number of methoxy groups -OCH3 is 2. The van der Waals surface area contributed by atoms with Crippen molar-refractivity contribution >= 4 is 6.08 Å². The van der Waals surface area contributed by atoms with E-state index in [-0.39, 0.29) is 23.0 Å². The molecule has 0 fully saturated rings. The van der Waals surface area contributed by atoms with Crippen molar-refractivity contribution in [2.75, 3.05) is 14.2 Å². The summed E-state index contributed by atoms with van der Waals surface area (Å²) >= 11 is 0. The van der Waals surface area contributed by atoms with E-state index in [1.807, 2.05) is 6.08 Å². The third-order valence-corrected chi connectivity index (χ3v) is 4.79. The van der Waals surface area contributed by atoms with E-state index in [2.05, 4.69) is 6.92 Å². The van der Waals surface area contributed by atoms with Crippen LogP contribution in [0.25, 0.3) is 6.08 Å².